The van der Waals surface area contributed by atoms with Gasteiger partial charge in [-0.15, -0.1) is 0 Å². The maximum absolute atomic E-state index is 12.6. The third-order valence-corrected chi connectivity index (χ3v) is 5.20. The third kappa shape index (κ3) is 5.60. The van der Waals surface area contributed by atoms with Crippen LogP contribution in [0.2, 0.25) is 0 Å². The Hall–Kier alpha value is -2.33. The number of nitrogens with zero attached hydrogens (tertiary/aromatic N) is 2. The van der Waals surface area contributed by atoms with E-state index < -0.39 is 17.8 Å². The maximum atomic E-state index is 12.6. The molecule has 2 fully saturated rings. The molecule has 2 N–H and O–H groups in total. The molecule has 2 saturated heterocycles. The number of urea groups is 1. The molecule has 2 heterocycles. The van der Waals surface area contributed by atoms with E-state index in [4.69, 9.17) is 4.74 Å². The fraction of sp³-hybridized carbons (Fsp3) is 0.579. The number of rotatable bonds is 4. The Morgan fingerprint density at radius 3 is 2.52 bits per heavy atom. The van der Waals surface area contributed by atoms with Crippen LogP contribution in [0.1, 0.15) is 18.4 Å². The second kappa shape index (κ2) is 8.58. The topological polar surface area (TPSA) is 73.9 Å². The molecule has 1 aromatic carbocycles. The van der Waals surface area contributed by atoms with Gasteiger partial charge in [0.15, 0.2) is 0 Å². The number of halogens is 3. The van der Waals surface area contributed by atoms with Gasteiger partial charge in [-0.3, -0.25) is 9.69 Å². The van der Waals surface area contributed by atoms with Crippen molar-refractivity contribution in [2.45, 2.75) is 37.2 Å². The van der Waals surface area contributed by atoms with Gasteiger partial charge in [0, 0.05) is 45.0 Å². The number of hydrogen-bond donors (Lipinski definition) is 2. The largest absolute Gasteiger partial charge is 0.416 e. The van der Waals surface area contributed by atoms with Crippen LogP contribution < -0.4 is 10.6 Å². The highest BCUT2D eigenvalue weighted by Crippen LogP contribution is 2.30. The number of carbonyl (C=O) groups excluding carboxylic acids is 2. The Labute approximate surface area is 167 Å². The molecule has 160 valence electrons. The first-order valence-electron chi connectivity index (χ1n) is 9.42. The van der Waals surface area contributed by atoms with Gasteiger partial charge in [-0.25, -0.2) is 4.79 Å². The average molecular weight is 414 g/mol. The van der Waals surface area contributed by atoms with E-state index in [9.17, 15) is 22.8 Å². The summed E-state index contributed by atoms with van der Waals surface area (Å²) in [5.41, 5.74) is -0.477. The molecule has 0 saturated carbocycles. The molecule has 0 aliphatic carbocycles. The minimum Gasteiger partial charge on any atom is -0.375 e. The summed E-state index contributed by atoms with van der Waals surface area (Å²) in [5, 5.41) is 5.42. The van der Waals surface area contributed by atoms with E-state index in [0.29, 0.717) is 26.1 Å². The third-order valence-electron chi connectivity index (χ3n) is 5.20. The van der Waals surface area contributed by atoms with Crippen molar-refractivity contribution in [1.82, 2.24) is 15.1 Å². The van der Waals surface area contributed by atoms with Crippen LogP contribution in [0.5, 0.6) is 0 Å². The first-order chi connectivity index (χ1) is 13.6. The number of benzene rings is 1. The van der Waals surface area contributed by atoms with Crippen LogP contribution in [0.3, 0.4) is 0 Å². The highest BCUT2D eigenvalue weighted by molar-refractivity contribution is 5.89. The molecule has 0 bridgehead atoms. The molecule has 2 aliphatic rings. The molecule has 3 amide bonds. The summed E-state index contributed by atoms with van der Waals surface area (Å²) in [6, 6.07) is 3.92. The van der Waals surface area contributed by atoms with Gasteiger partial charge in [-0.1, -0.05) is 0 Å². The van der Waals surface area contributed by atoms with E-state index in [0.717, 1.165) is 18.6 Å². The Morgan fingerprint density at radius 1 is 1.21 bits per heavy atom. The van der Waals surface area contributed by atoms with E-state index in [1.165, 1.54) is 17.0 Å². The summed E-state index contributed by atoms with van der Waals surface area (Å²) in [4.78, 5) is 27.8. The Balaban J connectivity index is 1.47. The molecule has 0 spiro atoms. The SMILES string of the molecule is CN(C)C(=O)C[C@H]1CN2C[C@H](NC(=O)Nc3ccc(C(F)(F)F)cc3)C[C@H]2CO1. The van der Waals surface area contributed by atoms with Crippen molar-refractivity contribution >= 4 is 17.6 Å². The number of amides is 3. The fourth-order valence-corrected chi connectivity index (χ4v) is 3.64. The van der Waals surface area contributed by atoms with Gasteiger partial charge in [-0.05, 0) is 30.7 Å². The van der Waals surface area contributed by atoms with Gasteiger partial charge in [0.2, 0.25) is 5.91 Å². The Kier molecular flexibility index (Phi) is 6.33. The molecule has 3 rings (SSSR count). The minimum absolute atomic E-state index is 0.0123. The van der Waals surface area contributed by atoms with E-state index in [1.54, 1.807) is 14.1 Å². The van der Waals surface area contributed by atoms with Crippen molar-refractivity contribution in [3.8, 4) is 0 Å². The van der Waals surface area contributed by atoms with Crippen molar-refractivity contribution in [3.05, 3.63) is 29.8 Å². The molecule has 0 unspecified atom stereocenters. The maximum Gasteiger partial charge on any atom is 0.416 e. The fourth-order valence-electron chi connectivity index (χ4n) is 3.64. The zero-order valence-electron chi connectivity index (χ0n) is 16.3. The molecule has 3 atom stereocenters. The summed E-state index contributed by atoms with van der Waals surface area (Å²) in [6.45, 7) is 1.77. The minimum atomic E-state index is -4.41. The van der Waals surface area contributed by atoms with Gasteiger partial charge < -0.3 is 20.3 Å². The van der Waals surface area contributed by atoms with Crippen LogP contribution >= 0.6 is 0 Å². The van der Waals surface area contributed by atoms with E-state index >= 15 is 0 Å². The quantitative estimate of drug-likeness (QED) is 0.792. The smallest absolute Gasteiger partial charge is 0.375 e. The summed E-state index contributed by atoms with van der Waals surface area (Å²) < 4.78 is 43.6. The molecule has 0 aromatic heterocycles. The summed E-state index contributed by atoms with van der Waals surface area (Å²) in [6.07, 6.45) is -3.54. The second-order valence-electron chi connectivity index (χ2n) is 7.66. The molecule has 2 aliphatic heterocycles. The van der Waals surface area contributed by atoms with Crippen molar-refractivity contribution in [1.29, 1.82) is 0 Å². The van der Waals surface area contributed by atoms with Gasteiger partial charge in [-0.2, -0.15) is 13.2 Å². The monoisotopic (exact) mass is 414 g/mol. The van der Waals surface area contributed by atoms with Crippen molar-refractivity contribution < 1.29 is 27.5 Å². The average Bonchev–Trinajstić information content (AvgIpc) is 3.02. The van der Waals surface area contributed by atoms with Gasteiger partial charge in [0.25, 0.3) is 0 Å². The zero-order chi connectivity index (χ0) is 21.2. The van der Waals surface area contributed by atoms with Crippen LogP contribution in [0.25, 0.3) is 0 Å². The first kappa shape index (κ1) is 21.4. The number of nitrogens with one attached hydrogen (secondary N) is 2. The molecular formula is C19H25F3N4O3. The lowest BCUT2D eigenvalue weighted by molar-refractivity contribution is -0.137. The lowest BCUT2D eigenvalue weighted by atomic mass is 10.1. The summed E-state index contributed by atoms with van der Waals surface area (Å²) >= 11 is 0. The molecule has 0 radical (unpaired) electrons. The van der Waals surface area contributed by atoms with Gasteiger partial charge in [0.05, 0.1) is 24.7 Å². The number of carbonyl (C=O) groups is 2. The van der Waals surface area contributed by atoms with Crippen LogP contribution in [0, 0.1) is 0 Å². The van der Waals surface area contributed by atoms with Gasteiger partial charge >= 0.3 is 12.2 Å². The normalized spacial score (nSPS) is 24.7. The number of fused-ring (bicyclic) bond motifs is 1. The number of ether oxygens (including phenoxy) is 1. The second-order valence-corrected chi connectivity index (χ2v) is 7.66. The number of hydrogen-bond acceptors (Lipinski definition) is 4. The lowest BCUT2D eigenvalue weighted by Gasteiger charge is -2.35. The summed E-state index contributed by atoms with van der Waals surface area (Å²) in [7, 11) is 3.41. The molecule has 1 aromatic rings. The van der Waals surface area contributed by atoms with E-state index in [1.807, 2.05) is 0 Å². The summed E-state index contributed by atoms with van der Waals surface area (Å²) in [5.74, 6) is 0.0123. The lowest BCUT2D eigenvalue weighted by Crippen LogP contribution is -2.47. The first-order valence-corrected chi connectivity index (χ1v) is 9.42. The Bertz CT molecular complexity index is 739. The molecule has 7 nitrogen and oxygen atoms in total. The predicted octanol–water partition coefficient (Wildman–Crippen LogP) is 2.15. The standard InChI is InChI=1S/C19H25F3N4O3/c1-25(2)17(27)8-16-10-26-9-14(7-15(26)11-29-16)24-18(28)23-13-5-3-12(4-6-13)19(20,21)22/h3-6,14-16H,7-11H2,1-2H3,(H2,23,24,28)/t14-,15+,16+/m1/s1. The van der Waals surface area contributed by atoms with Crippen molar-refractivity contribution in [3.63, 3.8) is 0 Å². The Morgan fingerprint density at radius 2 is 1.90 bits per heavy atom. The van der Waals surface area contributed by atoms with Crippen LogP contribution in [-0.4, -0.2) is 73.7 Å². The van der Waals surface area contributed by atoms with Crippen LogP contribution in [0.15, 0.2) is 24.3 Å². The molecule has 29 heavy (non-hydrogen) atoms. The zero-order valence-corrected chi connectivity index (χ0v) is 16.3. The molecule has 10 heteroatoms. The highest BCUT2D eigenvalue weighted by Gasteiger charge is 2.38. The number of anilines is 1. The van der Waals surface area contributed by atoms with Crippen LogP contribution in [0.4, 0.5) is 23.7 Å². The van der Waals surface area contributed by atoms with Gasteiger partial charge in [0.1, 0.15) is 0 Å². The van der Waals surface area contributed by atoms with Crippen LogP contribution in [-0.2, 0) is 15.7 Å². The van der Waals surface area contributed by atoms with E-state index in [2.05, 4.69) is 15.5 Å². The molecular weight excluding hydrogens is 389 g/mol. The highest BCUT2D eigenvalue weighted by atomic mass is 19.4. The number of morpholine rings is 1. The van der Waals surface area contributed by atoms with Crippen molar-refractivity contribution in [2.75, 3.05) is 39.1 Å². The predicted molar refractivity (Wildman–Crippen MR) is 100 cm³/mol. The van der Waals surface area contributed by atoms with Crippen molar-refractivity contribution in [2.24, 2.45) is 0 Å². The van der Waals surface area contributed by atoms with E-state index in [-0.39, 0.29) is 29.8 Å². The number of alkyl halides is 3.